The summed E-state index contributed by atoms with van der Waals surface area (Å²) >= 11 is 1.68. The van der Waals surface area contributed by atoms with Crippen molar-refractivity contribution in [3.8, 4) is 0 Å². The van der Waals surface area contributed by atoms with E-state index in [1.165, 1.54) is 7.11 Å². The van der Waals surface area contributed by atoms with Gasteiger partial charge in [0.1, 0.15) is 5.54 Å². The van der Waals surface area contributed by atoms with E-state index in [1.807, 2.05) is 6.92 Å². The van der Waals surface area contributed by atoms with Gasteiger partial charge in [-0.05, 0) is 26.3 Å². The molecule has 17 heavy (non-hydrogen) atoms. The first-order valence-electron chi connectivity index (χ1n) is 6.06. The number of hydrogen-bond donors (Lipinski definition) is 2. The van der Waals surface area contributed by atoms with E-state index in [2.05, 4.69) is 19.2 Å². The molecular formula is C12H25NO3S. The van der Waals surface area contributed by atoms with Crippen LogP contribution in [0.4, 0.5) is 0 Å². The number of esters is 1. The molecule has 0 aromatic carbocycles. The molecule has 0 rings (SSSR count). The van der Waals surface area contributed by atoms with Crippen molar-refractivity contribution in [2.24, 2.45) is 0 Å². The lowest BCUT2D eigenvalue weighted by molar-refractivity contribution is -0.146. The van der Waals surface area contributed by atoms with E-state index in [4.69, 9.17) is 9.84 Å². The minimum absolute atomic E-state index is 0.186. The highest BCUT2D eigenvalue weighted by atomic mass is 32.2. The summed E-state index contributed by atoms with van der Waals surface area (Å²) in [6, 6.07) is 0. The average molecular weight is 263 g/mol. The Morgan fingerprint density at radius 1 is 1.59 bits per heavy atom. The van der Waals surface area contributed by atoms with Crippen molar-refractivity contribution in [1.29, 1.82) is 0 Å². The number of ether oxygens (including phenoxy) is 1. The molecule has 0 amide bonds. The van der Waals surface area contributed by atoms with Gasteiger partial charge >= 0.3 is 5.97 Å². The largest absolute Gasteiger partial charge is 0.468 e. The summed E-state index contributed by atoms with van der Waals surface area (Å²) in [4.78, 5) is 11.8. The molecule has 2 atom stereocenters. The lowest BCUT2D eigenvalue weighted by Gasteiger charge is -2.28. The van der Waals surface area contributed by atoms with Crippen molar-refractivity contribution in [2.75, 3.05) is 26.0 Å². The Bertz CT molecular complexity index is 226. The molecule has 0 fully saturated rings. The van der Waals surface area contributed by atoms with E-state index in [9.17, 15) is 4.79 Å². The van der Waals surface area contributed by atoms with Gasteiger partial charge in [0.05, 0.1) is 7.11 Å². The van der Waals surface area contributed by atoms with Crippen LogP contribution in [-0.4, -0.2) is 47.9 Å². The van der Waals surface area contributed by atoms with Crippen molar-refractivity contribution in [2.45, 2.75) is 44.4 Å². The minimum Gasteiger partial charge on any atom is -0.468 e. The van der Waals surface area contributed by atoms with Crippen molar-refractivity contribution >= 4 is 17.7 Å². The molecule has 5 heteroatoms. The maximum Gasteiger partial charge on any atom is 0.326 e. The van der Waals surface area contributed by atoms with Gasteiger partial charge in [0.15, 0.2) is 0 Å². The highest BCUT2D eigenvalue weighted by Gasteiger charge is 2.33. The fourth-order valence-corrected chi connectivity index (χ4v) is 2.49. The number of carbonyl (C=O) groups excluding carboxylic acids is 1. The Morgan fingerprint density at radius 2 is 2.24 bits per heavy atom. The topological polar surface area (TPSA) is 58.6 Å². The van der Waals surface area contributed by atoms with Crippen LogP contribution >= 0.6 is 11.8 Å². The molecule has 102 valence electrons. The van der Waals surface area contributed by atoms with E-state index in [0.29, 0.717) is 11.0 Å². The quantitative estimate of drug-likeness (QED) is 0.616. The van der Waals surface area contributed by atoms with Crippen LogP contribution in [0.2, 0.25) is 0 Å². The zero-order valence-electron chi connectivity index (χ0n) is 11.3. The summed E-state index contributed by atoms with van der Waals surface area (Å²) in [5.41, 5.74) is -0.640. The molecule has 0 saturated carbocycles. The van der Waals surface area contributed by atoms with E-state index in [1.54, 1.807) is 11.8 Å². The maximum atomic E-state index is 11.8. The van der Waals surface area contributed by atoms with Gasteiger partial charge in [0.2, 0.25) is 0 Å². The summed E-state index contributed by atoms with van der Waals surface area (Å²) < 4.78 is 4.84. The molecule has 0 aliphatic carbocycles. The van der Waals surface area contributed by atoms with Gasteiger partial charge in [-0.15, -0.1) is 0 Å². The lowest BCUT2D eigenvalue weighted by atomic mass is 10.1. The van der Waals surface area contributed by atoms with E-state index < -0.39 is 5.54 Å². The molecule has 0 aliphatic rings. The summed E-state index contributed by atoms with van der Waals surface area (Å²) in [7, 11) is 1.41. The van der Waals surface area contributed by atoms with Gasteiger partial charge in [-0.2, -0.15) is 11.8 Å². The molecular weight excluding hydrogens is 238 g/mol. The standard InChI is InChI=1S/C12H25NO3S/c1-5-7-13-12(3,11(15)16-4)9-17-10(2)6-8-14/h10,13-14H,5-9H2,1-4H3. The van der Waals surface area contributed by atoms with Crippen LogP contribution in [0.5, 0.6) is 0 Å². The summed E-state index contributed by atoms with van der Waals surface area (Å²) in [6.07, 6.45) is 1.72. The molecule has 0 aromatic heterocycles. The second kappa shape index (κ2) is 8.78. The van der Waals surface area contributed by atoms with Gasteiger partial charge in [-0.3, -0.25) is 4.79 Å². The van der Waals surface area contributed by atoms with Crippen LogP contribution in [0.1, 0.15) is 33.6 Å². The molecule has 2 unspecified atom stereocenters. The summed E-state index contributed by atoms with van der Waals surface area (Å²) in [5.74, 6) is 0.426. The highest BCUT2D eigenvalue weighted by Crippen LogP contribution is 2.21. The number of aliphatic hydroxyl groups is 1. The Morgan fingerprint density at radius 3 is 2.71 bits per heavy atom. The second-order valence-corrected chi connectivity index (χ2v) is 5.81. The van der Waals surface area contributed by atoms with Gasteiger partial charge < -0.3 is 15.2 Å². The molecule has 0 radical (unpaired) electrons. The molecule has 0 saturated heterocycles. The molecule has 2 N–H and O–H groups in total. The fourth-order valence-electron chi connectivity index (χ4n) is 1.38. The predicted molar refractivity (Wildman–Crippen MR) is 72.3 cm³/mol. The zero-order valence-corrected chi connectivity index (χ0v) is 12.1. The third-order valence-corrected chi connectivity index (χ3v) is 4.14. The number of carbonyl (C=O) groups is 1. The van der Waals surface area contributed by atoms with Crippen LogP contribution in [0.3, 0.4) is 0 Å². The van der Waals surface area contributed by atoms with Gasteiger partial charge in [-0.1, -0.05) is 13.8 Å². The van der Waals surface area contributed by atoms with Crippen molar-refractivity contribution in [3.63, 3.8) is 0 Å². The third kappa shape index (κ3) is 6.29. The van der Waals surface area contributed by atoms with E-state index in [-0.39, 0.29) is 12.6 Å². The van der Waals surface area contributed by atoms with E-state index in [0.717, 1.165) is 19.4 Å². The number of nitrogens with one attached hydrogen (secondary N) is 1. The van der Waals surface area contributed by atoms with Crippen molar-refractivity contribution in [1.82, 2.24) is 5.32 Å². The normalized spacial score (nSPS) is 16.3. The number of rotatable bonds is 9. The molecule has 0 heterocycles. The highest BCUT2D eigenvalue weighted by molar-refractivity contribution is 8.00. The average Bonchev–Trinajstić information content (AvgIpc) is 2.33. The number of aliphatic hydroxyl groups excluding tert-OH is 1. The molecule has 0 spiro atoms. The first-order valence-corrected chi connectivity index (χ1v) is 7.11. The van der Waals surface area contributed by atoms with Gasteiger partial charge in [-0.25, -0.2) is 0 Å². The predicted octanol–water partition coefficient (Wildman–Crippen LogP) is 1.42. The van der Waals surface area contributed by atoms with Crippen LogP contribution in [0, 0.1) is 0 Å². The first-order chi connectivity index (χ1) is 8.00. The third-order valence-electron chi connectivity index (χ3n) is 2.59. The Balaban J connectivity index is 4.32. The maximum absolute atomic E-state index is 11.8. The summed E-state index contributed by atoms with van der Waals surface area (Å²) in [5, 5.41) is 12.4. The zero-order chi connectivity index (χ0) is 13.3. The molecule has 0 bridgehead atoms. The van der Waals surface area contributed by atoms with Crippen molar-refractivity contribution in [3.05, 3.63) is 0 Å². The second-order valence-electron chi connectivity index (χ2n) is 4.38. The van der Waals surface area contributed by atoms with Crippen LogP contribution in [-0.2, 0) is 9.53 Å². The smallest absolute Gasteiger partial charge is 0.326 e. The minimum atomic E-state index is -0.640. The number of methoxy groups -OCH3 is 1. The molecule has 0 aliphatic heterocycles. The summed E-state index contributed by atoms with van der Waals surface area (Å²) in [6.45, 7) is 6.96. The monoisotopic (exact) mass is 263 g/mol. The Hall–Kier alpha value is -0.260. The van der Waals surface area contributed by atoms with E-state index >= 15 is 0 Å². The molecule has 0 aromatic rings. The van der Waals surface area contributed by atoms with Gasteiger partial charge in [0.25, 0.3) is 0 Å². The molecule has 4 nitrogen and oxygen atoms in total. The Kier molecular flexibility index (Phi) is 8.64. The fraction of sp³-hybridized carbons (Fsp3) is 0.917. The van der Waals surface area contributed by atoms with Crippen LogP contribution in [0.15, 0.2) is 0 Å². The van der Waals surface area contributed by atoms with Crippen LogP contribution in [0.25, 0.3) is 0 Å². The van der Waals surface area contributed by atoms with Gasteiger partial charge in [0, 0.05) is 17.6 Å². The first kappa shape index (κ1) is 16.7. The van der Waals surface area contributed by atoms with Crippen LogP contribution < -0.4 is 5.32 Å². The number of thioether (sulfide) groups is 1. The van der Waals surface area contributed by atoms with Crippen molar-refractivity contribution < 1.29 is 14.6 Å². The number of hydrogen-bond acceptors (Lipinski definition) is 5. The Labute approximate surface area is 108 Å². The lowest BCUT2D eigenvalue weighted by Crippen LogP contribution is -2.52. The SMILES string of the molecule is CCCNC(C)(CSC(C)CCO)C(=O)OC.